The normalized spacial score (nSPS) is 11.0. The molecule has 5 nitrogen and oxygen atoms in total. The average molecular weight is 359 g/mol. The molecular weight excluding hydrogens is 341 g/mol. The van der Waals surface area contributed by atoms with Crippen molar-refractivity contribution in [1.82, 2.24) is 14.9 Å². The molecule has 1 N–H and O–H groups in total. The average Bonchev–Trinajstić information content (AvgIpc) is 2.88. The van der Waals surface area contributed by atoms with Crippen LogP contribution in [0.1, 0.15) is 22.4 Å². The SMILES string of the molecule is Cc1sc2ncn(CCC(=O)NCc3ccccc3F)c(=O)c2c1C. The van der Waals surface area contributed by atoms with Crippen molar-refractivity contribution in [2.45, 2.75) is 33.4 Å². The lowest BCUT2D eigenvalue weighted by molar-refractivity contribution is -0.121. The highest BCUT2D eigenvalue weighted by molar-refractivity contribution is 7.18. The number of nitrogens with one attached hydrogen (secondary N) is 1. The maximum atomic E-state index is 13.5. The lowest BCUT2D eigenvalue weighted by atomic mass is 10.2. The molecule has 130 valence electrons. The highest BCUT2D eigenvalue weighted by atomic mass is 32.1. The Kier molecular flexibility index (Phi) is 4.94. The topological polar surface area (TPSA) is 64.0 Å². The molecule has 0 atom stereocenters. The molecule has 0 spiro atoms. The fraction of sp³-hybridized carbons (Fsp3) is 0.278. The van der Waals surface area contributed by atoms with Crippen LogP contribution in [0.5, 0.6) is 0 Å². The van der Waals surface area contributed by atoms with Crippen LogP contribution in [0.15, 0.2) is 35.4 Å². The van der Waals surface area contributed by atoms with Gasteiger partial charge >= 0.3 is 0 Å². The van der Waals surface area contributed by atoms with Gasteiger partial charge in [0.1, 0.15) is 10.6 Å². The molecule has 0 radical (unpaired) electrons. The molecule has 0 fully saturated rings. The van der Waals surface area contributed by atoms with E-state index in [1.54, 1.807) is 18.2 Å². The smallest absolute Gasteiger partial charge is 0.262 e. The molecule has 3 aromatic rings. The third-order valence-corrected chi connectivity index (χ3v) is 5.28. The molecule has 3 rings (SSSR count). The van der Waals surface area contributed by atoms with Crippen LogP contribution in [-0.4, -0.2) is 15.5 Å². The molecule has 1 amide bonds. The molecule has 0 saturated heterocycles. The van der Waals surface area contributed by atoms with Crippen molar-refractivity contribution in [2.24, 2.45) is 0 Å². The van der Waals surface area contributed by atoms with E-state index in [1.807, 2.05) is 13.8 Å². The van der Waals surface area contributed by atoms with Gasteiger partial charge in [-0.25, -0.2) is 9.37 Å². The summed E-state index contributed by atoms with van der Waals surface area (Å²) in [5, 5.41) is 3.29. The van der Waals surface area contributed by atoms with Gasteiger partial charge in [0.05, 0.1) is 11.7 Å². The number of hydrogen-bond acceptors (Lipinski definition) is 4. The Morgan fingerprint density at radius 2 is 2.08 bits per heavy atom. The van der Waals surface area contributed by atoms with E-state index in [0.29, 0.717) is 10.9 Å². The maximum Gasteiger partial charge on any atom is 0.262 e. The zero-order valence-electron chi connectivity index (χ0n) is 14.0. The highest BCUT2D eigenvalue weighted by Gasteiger charge is 2.12. The Bertz CT molecular complexity index is 994. The highest BCUT2D eigenvalue weighted by Crippen LogP contribution is 2.25. The van der Waals surface area contributed by atoms with Crippen molar-refractivity contribution < 1.29 is 9.18 Å². The summed E-state index contributed by atoms with van der Waals surface area (Å²) in [4.78, 5) is 30.6. The second-order valence-electron chi connectivity index (χ2n) is 5.82. The second-order valence-corrected chi connectivity index (χ2v) is 7.03. The van der Waals surface area contributed by atoms with E-state index < -0.39 is 0 Å². The largest absolute Gasteiger partial charge is 0.352 e. The predicted molar refractivity (Wildman–Crippen MR) is 96.2 cm³/mol. The van der Waals surface area contributed by atoms with Crippen LogP contribution < -0.4 is 10.9 Å². The number of halogens is 1. The molecule has 7 heteroatoms. The maximum absolute atomic E-state index is 13.5. The van der Waals surface area contributed by atoms with E-state index in [2.05, 4.69) is 10.3 Å². The van der Waals surface area contributed by atoms with Gasteiger partial charge < -0.3 is 5.32 Å². The summed E-state index contributed by atoms with van der Waals surface area (Å²) in [6, 6.07) is 6.30. The van der Waals surface area contributed by atoms with Crippen LogP contribution in [0.25, 0.3) is 10.2 Å². The van der Waals surface area contributed by atoms with E-state index in [1.165, 1.54) is 28.3 Å². The molecular formula is C18H18FN3O2S. The molecule has 25 heavy (non-hydrogen) atoms. The van der Waals surface area contributed by atoms with Gasteiger partial charge in [-0.1, -0.05) is 18.2 Å². The summed E-state index contributed by atoms with van der Waals surface area (Å²) in [5.74, 6) is -0.592. The minimum atomic E-state index is -0.350. The Morgan fingerprint density at radius 3 is 2.84 bits per heavy atom. The molecule has 0 saturated carbocycles. The third-order valence-electron chi connectivity index (χ3n) is 4.17. The minimum Gasteiger partial charge on any atom is -0.352 e. The van der Waals surface area contributed by atoms with Crippen molar-refractivity contribution in [3.63, 3.8) is 0 Å². The van der Waals surface area contributed by atoms with E-state index in [0.717, 1.165) is 15.3 Å². The van der Waals surface area contributed by atoms with Crippen molar-refractivity contribution in [2.75, 3.05) is 0 Å². The van der Waals surface area contributed by atoms with Crippen LogP contribution in [0, 0.1) is 19.7 Å². The summed E-state index contributed by atoms with van der Waals surface area (Å²) in [6.07, 6.45) is 1.61. The first-order valence-electron chi connectivity index (χ1n) is 7.92. The monoisotopic (exact) mass is 359 g/mol. The van der Waals surface area contributed by atoms with Gasteiger partial charge in [0.2, 0.25) is 5.91 Å². The summed E-state index contributed by atoms with van der Waals surface area (Å²) < 4.78 is 15.0. The number of carbonyl (C=O) groups is 1. The van der Waals surface area contributed by atoms with Gasteiger partial charge in [0, 0.05) is 30.0 Å². The second kappa shape index (κ2) is 7.14. The van der Waals surface area contributed by atoms with E-state index in [9.17, 15) is 14.0 Å². The molecule has 1 aromatic carbocycles. The molecule has 0 unspecified atom stereocenters. The number of hydrogen-bond donors (Lipinski definition) is 1. The third kappa shape index (κ3) is 3.61. The fourth-order valence-corrected chi connectivity index (χ4v) is 3.56. The molecule has 2 aromatic heterocycles. The summed E-state index contributed by atoms with van der Waals surface area (Å²) >= 11 is 1.49. The van der Waals surface area contributed by atoms with Crippen molar-refractivity contribution in [3.8, 4) is 0 Å². The molecule has 2 heterocycles. The standard InChI is InChI=1S/C18H18FN3O2S/c1-11-12(2)25-17-16(11)18(24)22(10-21-17)8-7-15(23)20-9-13-5-3-4-6-14(13)19/h3-6,10H,7-9H2,1-2H3,(H,20,23). The summed E-state index contributed by atoms with van der Waals surface area (Å²) in [7, 11) is 0. The van der Waals surface area contributed by atoms with Gasteiger partial charge in [0.25, 0.3) is 5.56 Å². The minimum absolute atomic E-state index is 0.126. The van der Waals surface area contributed by atoms with Crippen LogP contribution >= 0.6 is 11.3 Å². The number of rotatable bonds is 5. The molecule has 0 aliphatic carbocycles. The van der Waals surface area contributed by atoms with Gasteiger partial charge in [-0.15, -0.1) is 11.3 Å². The van der Waals surface area contributed by atoms with E-state index >= 15 is 0 Å². The number of aryl methyl sites for hydroxylation is 3. The molecule has 0 bridgehead atoms. The fourth-order valence-electron chi connectivity index (χ4n) is 2.58. The van der Waals surface area contributed by atoms with Gasteiger partial charge in [0.15, 0.2) is 0 Å². The first-order chi connectivity index (χ1) is 12.0. The number of benzene rings is 1. The van der Waals surface area contributed by atoms with Gasteiger partial charge in [-0.2, -0.15) is 0 Å². The van der Waals surface area contributed by atoms with Crippen LogP contribution in [0.2, 0.25) is 0 Å². The van der Waals surface area contributed by atoms with Gasteiger partial charge in [-0.3, -0.25) is 14.2 Å². The van der Waals surface area contributed by atoms with E-state index in [4.69, 9.17) is 0 Å². The van der Waals surface area contributed by atoms with Crippen LogP contribution in [0.3, 0.4) is 0 Å². The molecule has 0 aliphatic rings. The number of fused-ring (bicyclic) bond motifs is 1. The van der Waals surface area contributed by atoms with Crippen molar-refractivity contribution in [1.29, 1.82) is 0 Å². The van der Waals surface area contributed by atoms with Crippen molar-refractivity contribution >= 4 is 27.5 Å². The number of nitrogens with zero attached hydrogens (tertiary/aromatic N) is 2. The van der Waals surface area contributed by atoms with Crippen molar-refractivity contribution in [3.05, 3.63) is 62.8 Å². The Morgan fingerprint density at radius 1 is 1.32 bits per heavy atom. The summed E-state index contributed by atoms with van der Waals surface area (Å²) in [5.41, 5.74) is 1.24. The molecule has 0 aliphatic heterocycles. The lowest BCUT2D eigenvalue weighted by Crippen LogP contribution is -2.27. The Hall–Kier alpha value is -2.54. The first kappa shape index (κ1) is 17.3. The first-order valence-corrected chi connectivity index (χ1v) is 8.74. The number of amides is 1. The van der Waals surface area contributed by atoms with Crippen LogP contribution in [0.4, 0.5) is 4.39 Å². The summed E-state index contributed by atoms with van der Waals surface area (Å²) in [6.45, 7) is 4.23. The number of carbonyl (C=O) groups excluding carboxylic acids is 1. The number of aromatic nitrogens is 2. The van der Waals surface area contributed by atoms with E-state index in [-0.39, 0.29) is 36.8 Å². The Balaban J connectivity index is 1.65. The van der Waals surface area contributed by atoms with Crippen LogP contribution in [-0.2, 0) is 17.9 Å². The lowest BCUT2D eigenvalue weighted by Gasteiger charge is -2.08. The quantitative estimate of drug-likeness (QED) is 0.762. The Labute approximate surface area is 148 Å². The zero-order valence-corrected chi connectivity index (χ0v) is 14.8. The predicted octanol–water partition coefficient (Wildman–Crippen LogP) is 2.92. The van der Waals surface area contributed by atoms with Gasteiger partial charge in [-0.05, 0) is 25.5 Å². The number of thiophene rings is 1. The zero-order chi connectivity index (χ0) is 18.0.